The zero-order valence-corrected chi connectivity index (χ0v) is 13.6. The van der Waals surface area contributed by atoms with E-state index in [2.05, 4.69) is 4.98 Å². The second kappa shape index (κ2) is 6.60. The first-order chi connectivity index (χ1) is 9.88. The number of rotatable bonds is 6. The Balaban J connectivity index is 2.46. The predicted octanol–water partition coefficient (Wildman–Crippen LogP) is 1.83. The van der Waals surface area contributed by atoms with Crippen molar-refractivity contribution in [1.82, 2.24) is 9.55 Å². The number of carbonyl (C=O) groups excluding carboxylic acids is 1. The number of hydrogen-bond donors (Lipinski definition) is 2. The van der Waals surface area contributed by atoms with Gasteiger partial charge < -0.3 is 15.4 Å². The lowest BCUT2D eigenvalue weighted by atomic mass is 10.3. The fourth-order valence-electron chi connectivity index (χ4n) is 1.77. The van der Waals surface area contributed by atoms with Gasteiger partial charge in [-0.3, -0.25) is 9.59 Å². The molecule has 1 aromatic heterocycles. The molecule has 0 spiro atoms. The number of carboxylic acids is 1. The highest BCUT2D eigenvalue weighted by Crippen LogP contribution is 2.27. The van der Waals surface area contributed by atoms with Gasteiger partial charge in [-0.1, -0.05) is 11.8 Å². The highest BCUT2D eigenvalue weighted by molar-refractivity contribution is 14.1. The van der Waals surface area contributed by atoms with Gasteiger partial charge in [0.25, 0.3) is 0 Å². The molecule has 0 fully saturated rings. The Hall–Kier alpha value is -1.36. The molecule has 0 atom stereocenters. The summed E-state index contributed by atoms with van der Waals surface area (Å²) in [6.45, 7) is 0.230. The van der Waals surface area contributed by atoms with E-state index in [4.69, 9.17) is 10.8 Å². The number of fused-ring (bicyclic) bond motifs is 1. The third kappa shape index (κ3) is 3.84. The molecule has 0 saturated carbocycles. The lowest BCUT2D eigenvalue weighted by Gasteiger charge is -2.07. The first kappa shape index (κ1) is 16.0. The zero-order valence-electron chi connectivity index (χ0n) is 10.7. The molecule has 0 unspecified atom stereocenters. The Morgan fingerprint density at radius 3 is 2.81 bits per heavy atom. The van der Waals surface area contributed by atoms with Crippen molar-refractivity contribution in [2.75, 3.05) is 5.75 Å². The molecule has 0 aliphatic heterocycles. The van der Waals surface area contributed by atoms with Gasteiger partial charge >= 0.3 is 5.97 Å². The number of imidazole rings is 1. The number of halogens is 2. The van der Waals surface area contributed by atoms with Gasteiger partial charge in [-0.15, -0.1) is 0 Å². The number of benzene rings is 1. The Kier molecular flexibility index (Phi) is 5.04. The fourth-order valence-corrected chi connectivity index (χ4v) is 2.98. The van der Waals surface area contributed by atoms with Crippen LogP contribution in [-0.2, 0) is 16.1 Å². The highest BCUT2D eigenvalue weighted by Gasteiger charge is 2.15. The van der Waals surface area contributed by atoms with Crippen LogP contribution in [0.4, 0.5) is 4.39 Å². The van der Waals surface area contributed by atoms with E-state index < -0.39 is 17.7 Å². The highest BCUT2D eigenvalue weighted by atomic mass is 127. The van der Waals surface area contributed by atoms with Crippen molar-refractivity contribution < 1.29 is 19.1 Å². The van der Waals surface area contributed by atoms with E-state index in [1.807, 2.05) is 22.6 Å². The van der Waals surface area contributed by atoms with Crippen LogP contribution in [0, 0.1) is 9.39 Å². The van der Waals surface area contributed by atoms with Gasteiger partial charge in [-0.2, -0.15) is 0 Å². The number of nitrogens with two attached hydrogens (primary N) is 1. The van der Waals surface area contributed by atoms with Crippen LogP contribution >= 0.6 is 34.4 Å². The van der Waals surface area contributed by atoms with Crippen molar-refractivity contribution in [3.63, 3.8) is 0 Å². The van der Waals surface area contributed by atoms with Crippen LogP contribution in [0.1, 0.15) is 6.42 Å². The largest absolute Gasteiger partial charge is 0.481 e. The summed E-state index contributed by atoms with van der Waals surface area (Å²) < 4.78 is 15.8. The van der Waals surface area contributed by atoms with Crippen LogP contribution < -0.4 is 5.73 Å². The summed E-state index contributed by atoms with van der Waals surface area (Å²) in [5, 5.41) is 9.18. The van der Waals surface area contributed by atoms with Crippen molar-refractivity contribution in [2.24, 2.45) is 5.73 Å². The molecule has 9 heteroatoms. The summed E-state index contributed by atoms with van der Waals surface area (Å²) >= 11 is 2.88. The number of hydrogen-bond acceptors (Lipinski definition) is 4. The smallest absolute Gasteiger partial charge is 0.313 e. The lowest BCUT2D eigenvalue weighted by Crippen LogP contribution is -2.14. The second-order valence-corrected chi connectivity index (χ2v) is 6.30. The maximum Gasteiger partial charge on any atom is 0.313 e. The average molecular weight is 423 g/mol. The summed E-state index contributed by atoms with van der Waals surface area (Å²) in [6, 6.07) is 2.91. The van der Waals surface area contributed by atoms with Crippen molar-refractivity contribution in [3.05, 3.63) is 21.5 Å². The van der Waals surface area contributed by atoms with E-state index in [-0.39, 0.29) is 18.7 Å². The summed E-state index contributed by atoms with van der Waals surface area (Å²) in [6.07, 6.45) is 0.0691. The molecule has 1 amide bonds. The minimum absolute atomic E-state index is 0.0691. The van der Waals surface area contributed by atoms with Gasteiger partial charge in [0.2, 0.25) is 5.91 Å². The van der Waals surface area contributed by atoms with E-state index in [0.717, 1.165) is 11.8 Å². The van der Waals surface area contributed by atoms with E-state index >= 15 is 0 Å². The van der Waals surface area contributed by atoms with Gasteiger partial charge in [0.1, 0.15) is 5.82 Å². The monoisotopic (exact) mass is 423 g/mol. The quantitative estimate of drug-likeness (QED) is 0.546. The molecule has 0 saturated heterocycles. The van der Waals surface area contributed by atoms with Crippen LogP contribution in [0.2, 0.25) is 0 Å². The van der Waals surface area contributed by atoms with E-state index in [9.17, 15) is 14.0 Å². The molecule has 2 rings (SSSR count). The molecule has 2 aromatic rings. The number of amides is 1. The van der Waals surface area contributed by atoms with Crippen molar-refractivity contribution in [2.45, 2.75) is 18.1 Å². The number of nitrogens with zero attached hydrogens (tertiary/aromatic N) is 2. The fraction of sp³-hybridized carbons (Fsp3) is 0.250. The van der Waals surface area contributed by atoms with E-state index in [1.54, 1.807) is 10.6 Å². The third-order valence-corrected chi connectivity index (χ3v) is 4.45. The van der Waals surface area contributed by atoms with Crippen LogP contribution in [0.3, 0.4) is 0 Å². The number of aryl methyl sites for hydroxylation is 1. The Morgan fingerprint density at radius 1 is 1.48 bits per heavy atom. The first-order valence-corrected chi connectivity index (χ1v) is 7.93. The molecule has 0 aliphatic carbocycles. The summed E-state index contributed by atoms with van der Waals surface area (Å²) in [5.41, 5.74) is 6.20. The minimum Gasteiger partial charge on any atom is -0.481 e. The summed E-state index contributed by atoms with van der Waals surface area (Å²) in [7, 11) is 0. The zero-order chi connectivity index (χ0) is 15.6. The van der Waals surface area contributed by atoms with Crippen LogP contribution in [0.15, 0.2) is 17.3 Å². The van der Waals surface area contributed by atoms with Crippen molar-refractivity contribution in [3.8, 4) is 0 Å². The van der Waals surface area contributed by atoms with Gasteiger partial charge in [-0.05, 0) is 28.7 Å². The second-order valence-electron chi connectivity index (χ2n) is 4.20. The number of thioether (sulfide) groups is 1. The Labute approximate surface area is 137 Å². The molecule has 3 N–H and O–H groups in total. The van der Waals surface area contributed by atoms with Crippen molar-refractivity contribution in [1.29, 1.82) is 0 Å². The van der Waals surface area contributed by atoms with Crippen LogP contribution in [-0.4, -0.2) is 32.3 Å². The van der Waals surface area contributed by atoms with E-state index in [1.165, 1.54) is 6.07 Å². The Morgan fingerprint density at radius 2 is 2.19 bits per heavy atom. The molecule has 0 radical (unpaired) electrons. The van der Waals surface area contributed by atoms with E-state index in [0.29, 0.717) is 19.8 Å². The molecule has 0 aliphatic rings. The minimum atomic E-state index is -0.978. The van der Waals surface area contributed by atoms with Gasteiger partial charge in [0.05, 0.1) is 20.4 Å². The predicted molar refractivity (Wildman–Crippen MR) is 84.6 cm³/mol. The van der Waals surface area contributed by atoms with Gasteiger partial charge in [0, 0.05) is 19.0 Å². The average Bonchev–Trinajstić information content (AvgIpc) is 2.71. The Bertz CT molecular complexity index is 719. The molecular weight excluding hydrogens is 412 g/mol. The number of primary amides is 1. The molecule has 1 heterocycles. The topological polar surface area (TPSA) is 98.2 Å². The summed E-state index contributed by atoms with van der Waals surface area (Å²) in [4.78, 5) is 25.9. The standard InChI is InChI=1S/C12H11FIN3O3S/c13-6-3-9-8(4-7(6)14)16-12(21-5-11(19)20)17(9)2-1-10(15)18/h3-4H,1-2,5H2,(H2,15,18)(H,19,20). The molecule has 6 nitrogen and oxygen atoms in total. The third-order valence-electron chi connectivity index (χ3n) is 2.66. The molecule has 21 heavy (non-hydrogen) atoms. The van der Waals surface area contributed by atoms with Crippen LogP contribution in [0.25, 0.3) is 11.0 Å². The lowest BCUT2D eigenvalue weighted by molar-refractivity contribution is -0.134. The van der Waals surface area contributed by atoms with Gasteiger partial charge in [0.15, 0.2) is 5.16 Å². The van der Waals surface area contributed by atoms with Crippen molar-refractivity contribution >= 4 is 57.3 Å². The molecule has 112 valence electrons. The SMILES string of the molecule is NC(=O)CCn1c(SCC(=O)O)nc2cc(I)c(F)cc21. The molecular formula is C12H11FIN3O3S. The number of aliphatic carboxylic acids is 1. The maximum absolute atomic E-state index is 13.7. The first-order valence-electron chi connectivity index (χ1n) is 5.86. The maximum atomic E-state index is 13.7. The molecule has 1 aromatic carbocycles. The molecule has 0 bridgehead atoms. The number of aromatic nitrogens is 2. The normalized spacial score (nSPS) is 11.0. The van der Waals surface area contributed by atoms with Gasteiger partial charge in [-0.25, -0.2) is 9.37 Å². The summed E-state index contributed by atoms with van der Waals surface area (Å²) in [5.74, 6) is -2.02. The number of carbonyl (C=O) groups is 2. The number of carboxylic acid groups (broad SMARTS) is 1. The van der Waals surface area contributed by atoms with Crippen LogP contribution in [0.5, 0.6) is 0 Å².